The van der Waals surface area contributed by atoms with Gasteiger partial charge in [0.25, 0.3) is 0 Å². The minimum Gasteiger partial charge on any atom is -0.497 e. The zero-order valence-electron chi connectivity index (χ0n) is 10.1. The Hall–Kier alpha value is -1.26. The Morgan fingerprint density at radius 3 is 2.62 bits per heavy atom. The van der Waals surface area contributed by atoms with E-state index in [1.165, 1.54) is 0 Å². The van der Waals surface area contributed by atoms with Crippen LogP contribution < -0.4 is 14.8 Å². The molecule has 0 aromatic heterocycles. The molecule has 0 amide bonds. The molecule has 0 radical (unpaired) electrons. The zero-order valence-corrected chi connectivity index (χ0v) is 10.1. The number of methoxy groups -OCH3 is 2. The van der Waals surface area contributed by atoms with Gasteiger partial charge in [0.05, 0.1) is 27.4 Å². The molecular formula is C12H19NO3. The van der Waals surface area contributed by atoms with E-state index in [1.807, 2.05) is 25.2 Å². The van der Waals surface area contributed by atoms with Crippen molar-refractivity contribution in [3.63, 3.8) is 0 Å². The highest BCUT2D eigenvalue weighted by molar-refractivity contribution is 5.39. The van der Waals surface area contributed by atoms with Crippen LogP contribution in [-0.4, -0.2) is 34.4 Å². The van der Waals surface area contributed by atoms with Crippen LogP contribution in [0, 0.1) is 0 Å². The van der Waals surface area contributed by atoms with Crippen LogP contribution >= 0.6 is 0 Å². The molecule has 1 N–H and O–H groups in total. The molecule has 1 aromatic rings. The van der Waals surface area contributed by atoms with E-state index < -0.39 is 0 Å². The number of hydrogen-bond acceptors (Lipinski definition) is 4. The van der Waals surface area contributed by atoms with Gasteiger partial charge in [-0.05, 0) is 25.2 Å². The van der Waals surface area contributed by atoms with Crippen LogP contribution in [0.4, 0.5) is 0 Å². The lowest BCUT2D eigenvalue weighted by molar-refractivity contribution is 0.122. The number of nitrogens with one attached hydrogen (secondary N) is 1. The first-order chi connectivity index (χ1) is 7.81. The summed E-state index contributed by atoms with van der Waals surface area (Å²) in [4.78, 5) is 0. The zero-order chi connectivity index (χ0) is 11.8. The summed E-state index contributed by atoms with van der Waals surface area (Å²) >= 11 is 0. The first-order valence-corrected chi connectivity index (χ1v) is 5.25. The molecule has 0 atom stereocenters. The van der Waals surface area contributed by atoms with Crippen molar-refractivity contribution in [2.75, 3.05) is 34.4 Å². The van der Waals surface area contributed by atoms with Gasteiger partial charge in [-0.25, -0.2) is 0 Å². The summed E-state index contributed by atoms with van der Waals surface area (Å²) in [5.41, 5.74) is 0.998. The van der Waals surface area contributed by atoms with E-state index in [4.69, 9.17) is 14.2 Å². The van der Waals surface area contributed by atoms with Crippen molar-refractivity contribution < 1.29 is 14.2 Å². The predicted molar refractivity (Wildman–Crippen MR) is 63.1 cm³/mol. The van der Waals surface area contributed by atoms with Gasteiger partial charge in [-0.1, -0.05) is 0 Å². The molecule has 1 aromatic carbocycles. The predicted octanol–water partition coefficient (Wildman–Crippen LogP) is 1.44. The molecule has 4 nitrogen and oxygen atoms in total. The van der Waals surface area contributed by atoms with E-state index in [0.29, 0.717) is 13.2 Å². The molecule has 0 saturated carbocycles. The summed E-state index contributed by atoms with van der Waals surface area (Å²) in [6.07, 6.45) is 0. The van der Waals surface area contributed by atoms with Crippen LogP contribution in [0.15, 0.2) is 18.2 Å². The van der Waals surface area contributed by atoms with E-state index in [9.17, 15) is 0 Å². The van der Waals surface area contributed by atoms with Crippen LogP contribution in [0.2, 0.25) is 0 Å². The summed E-state index contributed by atoms with van der Waals surface area (Å²) in [5.74, 6) is 1.64. The third kappa shape index (κ3) is 3.72. The molecule has 4 heteroatoms. The Kier molecular flexibility index (Phi) is 5.67. The number of likely N-dealkylation sites (N-methyl/N-ethyl adjacent to an activating group) is 1. The summed E-state index contributed by atoms with van der Waals surface area (Å²) in [5, 5.41) is 3.02. The van der Waals surface area contributed by atoms with Crippen molar-refractivity contribution in [3.05, 3.63) is 23.8 Å². The molecule has 0 heterocycles. The standard InChI is InChI=1S/C12H19NO3/c1-13-6-7-16-9-10-8-11(14-2)4-5-12(10)15-3/h4-5,8,13H,6-7,9H2,1-3H3. The van der Waals surface area contributed by atoms with Gasteiger partial charge in [-0.15, -0.1) is 0 Å². The van der Waals surface area contributed by atoms with Gasteiger partial charge in [0.15, 0.2) is 0 Å². The van der Waals surface area contributed by atoms with Crippen LogP contribution in [-0.2, 0) is 11.3 Å². The third-order valence-electron chi connectivity index (χ3n) is 2.24. The van der Waals surface area contributed by atoms with Gasteiger partial charge >= 0.3 is 0 Å². The summed E-state index contributed by atoms with van der Waals surface area (Å²) in [6.45, 7) is 2.05. The van der Waals surface area contributed by atoms with Crippen LogP contribution in [0.1, 0.15) is 5.56 Å². The molecule has 0 aliphatic rings. The number of hydrogen-bond donors (Lipinski definition) is 1. The van der Waals surface area contributed by atoms with Gasteiger partial charge < -0.3 is 19.5 Å². The first kappa shape index (κ1) is 12.8. The Balaban J connectivity index is 2.60. The summed E-state index contributed by atoms with van der Waals surface area (Å²) in [7, 11) is 5.20. The van der Waals surface area contributed by atoms with Gasteiger partial charge in [0.1, 0.15) is 11.5 Å². The molecule has 0 fully saturated rings. The van der Waals surface area contributed by atoms with E-state index in [0.717, 1.165) is 23.6 Å². The molecule has 0 unspecified atom stereocenters. The number of rotatable bonds is 7. The fraction of sp³-hybridized carbons (Fsp3) is 0.500. The smallest absolute Gasteiger partial charge is 0.124 e. The number of benzene rings is 1. The maximum Gasteiger partial charge on any atom is 0.124 e. The molecule has 1 rings (SSSR count). The van der Waals surface area contributed by atoms with Crippen molar-refractivity contribution in [3.8, 4) is 11.5 Å². The second-order valence-corrected chi connectivity index (χ2v) is 3.33. The topological polar surface area (TPSA) is 39.7 Å². The Labute approximate surface area is 96.5 Å². The van der Waals surface area contributed by atoms with Gasteiger partial charge in [0.2, 0.25) is 0 Å². The fourth-order valence-electron chi connectivity index (χ4n) is 1.35. The number of ether oxygens (including phenoxy) is 3. The van der Waals surface area contributed by atoms with Crippen molar-refractivity contribution in [2.24, 2.45) is 0 Å². The van der Waals surface area contributed by atoms with E-state index >= 15 is 0 Å². The quantitative estimate of drug-likeness (QED) is 0.713. The average Bonchev–Trinajstić information content (AvgIpc) is 2.34. The Bertz CT molecular complexity index is 315. The molecule has 90 valence electrons. The van der Waals surface area contributed by atoms with Gasteiger partial charge in [-0.2, -0.15) is 0 Å². The third-order valence-corrected chi connectivity index (χ3v) is 2.24. The van der Waals surface area contributed by atoms with Crippen molar-refractivity contribution >= 4 is 0 Å². The SMILES string of the molecule is CNCCOCc1cc(OC)ccc1OC. The van der Waals surface area contributed by atoms with E-state index in [2.05, 4.69) is 5.32 Å². The highest BCUT2D eigenvalue weighted by atomic mass is 16.5. The van der Waals surface area contributed by atoms with Crippen LogP contribution in [0.25, 0.3) is 0 Å². The summed E-state index contributed by atoms with van der Waals surface area (Å²) < 4.78 is 15.9. The summed E-state index contributed by atoms with van der Waals surface area (Å²) in [6, 6.07) is 5.68. The van der Waals surface area contributed by atoms with Crippen LogP contribution in [0.5, 0.6) is 11.5 Å². The maximum atomic E-state index is 5.50. The largest absolute Gasteiger partial charge is 0.497 e. The maximum absolute atomic E-state index is 5.50. The van der Waals surface area contributed by atoms with Crippen LogP contribution in [0.3, 0.4) is 0 Å². The molecule has 0 saturated heterocycles. The lowest BCUT2D eigenvalue weighted by atomic mass is 10.2. The molecule has 0 bridgehead atoms. The lowest BCUT2D eigenvalue weighted by Crippen LogP contribution is -2.14. The highest BCUT2D eigenvalue weighted by Crippen LogP contribution is 2.24. The van der Waals surface area contributed by atoms with Crippen molar-refractivity contribution in [2.45, 2.75) is 6.61 Å². The minimum atomic E-state index is 0.530. The second kappa shape index (κ2) is 7.09. The molecule has 0 aliphatic carbocycles. The first-order valence-electron chi connectivity index (χ1n) is 5.25. The molecule has 0 aliphatic heterocycles. The molecular weight excluding hydrogens is 206 g/mol. The molecule has 0 spiro atoms. The Morgan fingerprint density at radius 2 is 2.00 bits per heavy atom. The highest BCUT2D eigenvalue weighted by Gasteiger charge is 2.04. The van der Waals surface area contributed by atoms with Crippen molar-refractivity contribution in [1.82, 2.24) is 5.32 Å². The lowest BCUT2D eigenvalue weighted by Gasteiger charge is -2.10. The Morgan fingerprint density at radius 1 is 1.19 bits per heavy atom. The normalized spacial score (nSPS) is 10.2. The second-order valence-electron chi connectivity index (χ2n) is 3.33. The van der Waals surface area contributed by atoms with Gasteiger partial charge in [0, 0.05) is 12.1 Å². The molecule has 16 heavy (non-hydrogen) atoms. The fourth-order valence-corrected chi connectivity index (χ4v) is 1.35. The monoisotopic (exact) mass is 225 g/mol. The minimum absolute atomic E-state index is 0.530. The van der Waals surface area contributed by atoms with Crippen molar-refractivity contribution in [1.29, 1.82) is 0 Å². The van der Waals surface area contributed by atoms with E-state index in [1.54, 1.807) is 14.2 Å². The van der Waals surface area contributed by atoms with Gasteiger partial charge in [-0.3, -0.25) is 0 Å². The van der Waals surface area contributed by atoms with E-state index in [-0.39, 0.29) is 0 Å². The average molecular weight is 225 g/mol.